The van der Waals surface area contributed by atoms with Crippen molar-refractivity contribution in [3.05, 3.63) is 34.9 Å². The fraction of sp³-hybridized carbons (Fsp3) is 0.562. The Labute approximate surface area is 127 Å². The van der Waals surface area contributed by atoms with Gasteiger partial charge in [-0.3, -0.25) is 4.79 Å². The second kappa shape index (κ2) is 6.59. The van der Waals surface area contributed by atoms with E-state index in [0.717, 1.165) is 5.56 Å². The highest BCUT2D eigenvalue weighted by molar-refractivity contribution is 5.85. The molecule has 0 aromatic heterocycles. The first kappa shape index (κ1) is 17.0. The van der Waals surface area contributed by atoms with Gasteiger partial charge < -0.3 is 11.1 Å². The van der Waals surface area contributed by atoms with E-state index in [2.05, 4.69) is 37.4 Å². The van der Waals surface area contributed by atoms with E-state index in [0.29, 0.717) is 18.9 Å². The van der Waals surface area contributed by atoms with Crippen LogP contribution < -0.4 is 11.1 Å². The summed E-state index contributed by atoms with van der Waals surface area (Å²) in [7, 11) is 0. The molecule has 0 heterocycles. The van der Waals surface area contributed by atoms with E-state index in [4.69, 9.17) is 5.73 Å². The van der Waals surface area contributed by atoms with E-state index in [1.165, 1.54) is 24.0 Å². The van der Waals surface area contributed by atoms with Gasteiger partial charge in [-0.05, 0) is 50.7 Å². The highest BCUT2D eigenvalue weighted by Gasteiger charge is 2.41. The summed E-state index contributed by atoms with van der Waals surface area (Å²) in [6.45, 7) is 6.67. The van der Waals surface area contributed by atoms with E-state index in [1.54, 1.807) is 0 Å². The number of carbonyl (C=O) groups is 1. The Morgan fingerprint density at radius 3 is 2.60 bits per heavy atom. The third kappa shape index (κ3) is 3.97. The summed E-state index contributed by atoms with van der Waals surface area (Å²) in [5.74, 6) is 0.633. The lowest BCUT2D eigenvalue weighted by atomic mass is 9.95. The molecule has 1 aliphatic rings. The molecule has 0 aliphatic heterocycles. The van der Waals surface area contributed by atoms with Crippen LogP contribution in [0.4, 0.5) is 0 Å². The van der Waals surface area contributed by atoms with Crippen LogP contribution in [0.5, 0.6) is 0 Å². The van der Waals surface area contributed by atoms with Gasteiger partial charge in [0, 0.05) is 6.54 Å². The summed E-state index contributed by atoms with van der Waals surface area (Å²) in [5.41, 5.74) is 9.07. The van der Waals surface area contributed by atoms with Crippen molar-refractivity contribution >= 4 is 18.3 Å². The Morgan fingerprint density at radius 1 is 1.40 bits per heavy atom. The van der Waals surface area contributed by atoms with Crippen LogP contribution in [0.2, 0.25) is 0 Å². The summed E-state index contributed by atoms with van der Waals surface area (Å²) in [6.07, 6.45) is 2.80. The first-order valence-corrected chi connectivity index (χ1v) is 7.02. The molecule has 0 spiro atoms. The zero-order valence-electron chi connectivity index (χ0n) is 12.5. The third-order valence-corrected chi connectivity index (χ3v) is 4.18. The van der Waals surface area contributed by atoms with Crippen molar-refractivity contribution in [1.29, 1.82) is 0 Å². The molecule has 1 fully saturated rings. The van der Waals surface area contributed by atoms with Crippen molar-refractivity contribution < 1.29 is 4.79 Å². The number of nitrogens with one attached hydrogen (secondary N) is 1. The minimum atomic E-state index is -0.227. The number of rotatable bonds is 5. The van der Waals surface area contributed by atoms with Crippen molar-refractivity contribution in [2.45, 2.75) is 45.6 Å². The first-order valence-electron chi connectivity index (χ1n) is 7.02. The number of amides is 1. The quantitative estimate of drug-likeness (QED) is 0.877. The fourth-order valence-corrected chi connectivity index (χ4v) is 2.57. The molecule has 1 atom stereocenters. The molecule has 3 nitrogen and oxygen atoms in total. The van der Waals surface area contributed by atoms with Crippen LogP contribution in [0.15, 0.2) is 18.2 Å². The maximum Gasteiger partial charge on any atom is 0.224 e. The van der Waals surface area contributed by atoms with E-state index in [1.807, 2.05) is 6.92 Å². The summed E-state index contributed by atoms with van der Waals surface area (Å²) >= 11 is 0. The lowest BCUT2D eigenvalue weighted by molar-refractivity contribution is -0.122. The molecule has 1 unspecified atom stereocenters. The van der Waals surface area contributed by atoms with Crippen LogP contribution in [0, 0.1) is 19.8 Å². The molecule has 3 N–H and O–H groups in total. The van der Waals surface area contributed by atoms with Crippen molar-refractivity contribution in [3.63, 3.8) is 0 Å². The monoisotopic (exact) mass is 296 g/mol. The molecule has 20 heavy (non-hydrogen) atoms. The van der Waals surface area contributed by atoms with Crippen LogP contribution in [-0.2, 0) is 11.2 Å². The molecule has 1 saturated carbocycles. The largest absolute Gasteiger partial charge is 0.349 e. The molecule has 4 heteroatoms. The fourth-order valence-electron chi connectivity index (χ4n) is 2.57. The Bertz CT molecular complexity index is 485. The van der Waals surface area contributed by atoms with Crippen LogP contribution in [-0.4, -0.2) is 18.0 Å². The van der Waals surface area contributed by atoms with Crippen molar-refractivity contribution in [2.24, 2.45) is 11.7 Å². The number of hydrogen-bond acceptors (Lipinski definition) is 2. The number of nitrogens with two attached hydrogens (primary N) is 1. The highest BCUT2D eigenvalue weighted by Crippen LogP contribution is 2.38. The number of carbonyl (C=O) groups excluding carboxylic acids is 1. The van der Waals surface area contributed by atoms with Crippen LogP contribution >= 0.6 is 12.4 Å². The summed E-state index contributed by atoms with van der Waals surface area (Å²) in [4.78, 5) is 12.2. The molecule has 1 amide bonds. The van der Waals surface area contributed by atoms with Crippen LogP contribution in [0.25, 0.3) is 0 Å². The van der Waals surface area contributed by atoms with E-state index >= 15 is 0 Å². The SMILES string of the molecule is Cc1ccc(C)c(CC(=O)NC(C)(CN)C2CC2)c1.Cl. The Balaban J connectivity index is 0.00000200. The second-order valence-electron chi connectivity index (χ2n) is 6.05. The predicted molar refractivity (Wildman–Crippen MR) is 85.2 cm³/mol. The number of aryl methyl sites for hydroxylation is 2. The number of hydrogen-bond donors (Lipinski definition) is 2. The average Bonchev–Trinajstić information content (AvgIpc) is 3.18. The molecule has 0 bridgehead atoms. The average molecular weight is 297 g/mol. The first-order chi connectivity index (χ1) is 8.94. The maximum absolute atomic E-state index is 12.2. The Kier molecular flexibility index (Phi) is 5.60. The third-order valence-electron chi connectivity index (χ3n) is 4.18. The smallest absolute Gasteiger partial charge is 0.224 e. The molecular weight excluding hydrogens is 272 g/mol. The van der Waals surface area contributed by atoms with Gasteiger partial charge in [0.15, 0.2) is 0 Å². The van der Waals surface area contributed by atoms with Crippen LogP contribution in [0.3, 0.4) is 0 Å². The minimum Gasteiger partial charge on any atom is -0.349 e. The van der Waals surface area contributed by atoms with Gasteiger partial charge in [-0.15, -0.1) is 12.4 Å². The lowest BCUT2D eigenvalue weighted by Crippen LogP contribution is -2.53. The Hall–Kier alpha value is -1.06. The second-order valence-corrected chi connectivity index (χ2v) is 6.05. The molecule has 1 aromatic rings. The molecule has 1 aromatic carbocycles. The van der Waals surface area contributed by atoms with Gasteiger partial charge in [0.1, 0.15) is 0 Å². The predicted octanol–water partition coefficient (Wildman–Crippen LogP) is 2.51. The van der Waals surface area contributed by atoms with Gasteiger partial charge >= 0.3 is 0 Å². The van der Waals surface area contributed by atoms with Crippen molar-refractivity contribution in [2.75, 3.05) is 6.54 Å². The topological polar surface area (TPSA) is 55.1 Å². The molecule has 112 valence electrons. The zero-order valence-corrected chi connectivity index (χ0v) is 13.3. The van der Waals surface area contributed by atoms with Gasteiger partial charge in [-0.1, -0.05) is 23.8 Å². The zero-order chi connectivity index (χ0) is 14.0. The van der Waals surface area contributed by atoms with Gasteiger partial charge in [-0.25, -0.2) is 0 Å². The van der Waals surface area contributed by atoms with Gasteiger partial charge in [0.25, 0.3) is 0 Å². The highest BCUT2D eigenvalue weighted by atomic mass is 35.5. The number of benzene rings is 1. The molecule has 1 aliphatic carbocycles. The Morgan fingerprint density at radius 2 is 2.05 bits per heavy atom. The molecule has 0 radical (unpaired) electrons. The van der Waals surface area contributed by atoms with Gasteiger partial charge in [0.2, 0.25) is 5.91 Å². The summed E-state index contributed by atoms with van der Waals surface area (Å²) in [5, 5.41) is 3.14. The van der Waals surface area contributed by atoms with E-state index in [9.17, 15) is 4.79 Å². The van der Waals surface area contributed by atoms with E-state index < -0.39 is 0 Å². The van der Waals surface area contributed by atoms with E-state index in [-0.39, 0.29) is 23.9 Å². The minimum absolute atomic E-state index is 0. The lowest BCUT2D eigenvalue weighted by Gasteiger charge is -2.29. The maximum atomic E-state index is 12.2. The summed E-state index contributed by atoms with van der Waals surface area (Å²) < 4.78 is 0. The molecular formula is C16H25ClN2O. The normalized spacial score (nSPS) is 17.0. The summed E-state index contributed by atoms with van der Waals surface area (Å²) in [6, 6.07) is 6.23. The van der Waals surface area contributed by atoms with Crippen LogP contribution in [0.1, 0.15) is 36.5 Å². The van der Waals surface area contributed by atoms with Gasteiger partial charge in [0.05, 0.1) is 12.0 Å². The van der Waals surface area contributed by atoms with Crippen molar-refractivity contribution in [3.8, 4) is 0 Å². The molecule has 0 saturated heterocycles. The standard InChI is InChI=1S/C16H24N2O.ClH/c1-11-4-5-12(2)13(8-11)9-15(19)18-16(3,10-17)14-6-7-14;/h4-5,8,14H,6-7,9-10,17H2,1-3H3,(H,18,19);1H. The van der Waals surface area contributed by atoms with Gasteiger partial charge in [-0.2, -0.15) is 0 Å². The number of halogens is 1. The van der Waals surface area contributed by atoms with Crippen molar-refractivity contribution in [1.82, 2.24) is 5.32 Å². The molecule has 2 rings (SSSR count).